The molecule has 0 atom stereocenters. The van der Waals surface area contributed by atoms with Gasteiger partial charge < -0.3 is 19.2 Å². The Hall–Kier alpha value is -3.42. The Bertz CT molecular complexity index is 920. The van der Waals surface area contributed by atoms with Gasteiger partial charge in [0, 0.05) is 13.0 Å². The van der Waals surface area contributed by atoms with E-state index < -0.39 is 5.82 Å². The first-order chi connectivity index (χ1) is 13.1. The molecule has 1 N–H and O–H groups in total. The Labute approximate surface area is 155 Å². The standard InChI is InChI=1S/C19H18FN3O4/c1-25-14-8-5-9-15(26-2)17(14)18(24)21-11-10-16-22-23-19(27-16)12-6-3-4-7-13(12)20/h3-9H,10-11H2,1-2H3,(H,21,24). The number of ether oxygens (including phenoxy) is 2. The Kier molecular flexibility index (Phi) is 5.65. The van der Waals surface area contributed by atoms with Crippen LogP contribution in [0.4, 0.5) is 4.39 Å². The van der Waals surface area contributed by atoms with E-state index in [9.17, 15) is 9.18 Å². The summed E-state index contributed by atoms with van der Waals surface area (Å²) >= 11 is 0. The third-order valence-electron chi connectivity index (χ3n) is 3.85. The molecule has 0 saturated carbocycles. The number of halogens is 1. The predicted octanol–water partition coefficient (Wildman–Crippen LogP) is 2.87. The van der Waals surface area contributed by atoms with E-state index in [1.54, 1.807) is 36.4 Å². The van der Waals surface area contributed by atoms with Crippen LogP contribution in [0, 0.1) is 5.82 Å². The Balaban J connectivity index is 1.64. The van der Waals surface area contributed by atoms with Gasteiger partial charge in [-0.3, -0.25) is 4.79 Å². The molecule has 0 radical (unpaired) electrons. The van der Waals surface area contributed by atoms with Gasteiger partial charge in [0.25, 0.3) is 11.8 Å². The van der Waals surface area contributed by atoms with E-state index >= 15 is 0 Å². The van der Waals surface area contributed by atoms with Gasteiger partial charge >= 0.3 is 0 Å². The summed E-state index contributed by atoms with van der Waals surface area (Å²) in [6, 6.07) is 11.2. The summed E-state index contributed by atoms with van der Waals surface area (Å²) in [5, 5.41) is 10.5. The van der Waals surface area contributed by atoms with Crippen LogP contribution in [0.2, 0.25) is 0 Å². The van der Waals surface area contributed by atoms with Crippen LogP contribution in [0.3, 0.4) is 0 Å². The van der Waals surface area contributed by atoms with Crippen LogP contribution in [-0.2, 0) is 6.42 Å². The molecule has 7 nitrogen and oxygen atoms in total. The average Bonchev–Trinajstić information content (AvgIpc) is 3.16. The van der Waals surface area contributed by atoms with Crippen molar-refractivity contribution in [2.75, 3.05) is 20.8 Å². The van der Waals surface area contributed by atoms with Gasteiger partial charge in [0.1, 0.15) is 22.9 Å². The minimum Gasteiger partial charge on any atom is -0.496 e. The fourth-order valence-electron chi connectivity index (χ4n) is 2.54. The quantitative estimate of drug-likeness (QED) is 0.687. The number of methoxy groups -OCH3 is 2. The molecule has 0 aliphatic heterocycles. The molecule has 0 spiro atoms. The summed E-state index contributed by atoms with van der Waals surface area (Å²) in [7, 11) is 2.96. The van der Waals surface area contributed by atoms with Gasteiger partial charge in [-0.15, -0.1) is 10.2 Å². The number of nitrogens with one attached hydrogen (secondary N) is 1. The molecule has 0 unspecified atom stereocenters. The summed E-state index contributed by atoms with van der Waals surface area (Å²) in [6.45, 7) is 0.249. The summed E-state index contributed by atoms with van der Waals surface area (Å²) in [4.78, 5) is 12.5. The fourth-order valence-corrected chi connectivity index (χ4v) is 2.54. The highest BCUT2D eigenvalue weighted by Crippen LogP contribution is 2.28. The Morgan fingerprint density at radius 2 is 1.78 bits per heavy atom. The van der Waals surface area contributed by atoms with Crippen LogP contribution in [0.5, 0.6) is 11.5 Å². The lowest BCUT2D eigenvalue weighted by atomic mass is 10.1. The number of rotatable bonds is 7. The Morgan fingerprint density at radius 1 is 1.07 bits per heavy atom. The highest BCUT2D eigenvalue weighted by atomic mass is 19.1. The summed E-state index contributed by atoms with van der Waals surface area (Å²) in [5.74, 6) is 0.418. The van der Waals surface area contributed by atoms with Crippen LogP contribution in [-0.4, -0.2) is 36.9 Å². The highest BCUT2D eigenvalue weighted by Gasteiger charge is 2.18. The average molecular weight is 371 g/mol. The molecule has 27 heavy (non-hydrogen) atoms. The lowest BCUT2D eigenvalue weighted by Gasteiger charge is -2.12. The minimum absolute atomic E-state index is 0.0980. The molecular formula is C19H18FN3O4. The lowest BCUT2D eigenvalue weighted by Crippen LogP contribution is -2.26. The van der Waals surface area contributed by atoms with E-state index in [0.717, 1.165) is 0 Å². The van der Waals surface area contributed by atoms with E-state index in [1.165, 1.54) is 20.3 Å². The van der Waals surface area contributed by atoms with Crippen LogP contribution in [0.1, 0.15) is 16.2 Å². The highest BCUT2D eigenvalue weighted by molar-refractivity contribution is 5.99. The van der Waals surface area contributed by atoms with Crippen molar-refractivity contribution in [2.24, 2.45) is 0 Å². The van der Waals surface area contributed by atoms with Crippen LogP contribution in [0.15, 0.2) is 46.9 Å². The van der Waals surface area contributed by atoms with E-state index in [1.807, 2.05) is 0 Å². The second-order valence-corrected chi connectivity index (χ2v) is 5.52. The van der Waals surface area contributed by atoms with E-state index in [4.69, 9.17) is 13.9 Å². The van der Waals surface area contributed by atoms with Crippen LogP contribution in [0.25, 0.3) is 11.5 Å². The van der Waals surface area contributed by atoms with Gasteiger partial charge in [0.2, 0.25) is 5.89 Å². The molecule has 0 aliphatic rings. The normalized spacial score (nSPS) is 10.5. The monoisotopic (exact) mass is 371 g/mol. The third kappa shape index (κ3) is 4.05. The van der Waals surface area contributed by atoms with Gasteiger partial charge in [-0.1, -0.05) is 18.2 Å². The number of hydrogen-bond acceptors (Lipinski definition) is 6. The van der Waals surface area contributed by atoms with Gasteiger partial charge in [0.15, 0.2) is 0 Å². The molecule has 2 aromatic carbocycles. The fraction of sp³-hybridized carbons (Fsp3) is 0.211. The molecule has 1 amide bonds. The molecule has 0 bridgehead atoms. The maximum atomic E-state index is 13.8. The number of amides is 1. The first-order valence-corrected chi connectivity index (χ1v) is 8.20. The summed E-state index contributed by atoms with van der Waals surface area (Å²) < 4.78 is 29.7. The molecule has 3 rings (SSSR count). The molecule has 0 aliphatic carbocycles. The lowest BCUT2D eigenvalue weighted by molar-refractivity contribution is 0.0947. The maximum absolute atomic E-state index is 13.8. The second kappa shape index (κ2) is 8.31. The van der Waals surface area contributed by atoms with Crippen molar-refractivity contribution in [3.05, 3.63) is 59.7 Å². The van der Waals surface area contributed by atoms with E-state index in [0.29, 0.717) is 29.4 Å². The van der Waals surface area contributed by atoms with Crippen molar-refractivity contribution in [3.63, 3.8) is 0 Å². The van der Waals surface area contributed by atoms with Crippen molar-refractivity contribution < 1.29 is 23.1 Å². The number of aromatic nitrogens is 2. The van der Waals surface area contributed by atoms with Crippen molar-refractivity contribution in [1.29, 1.82) is 0 Å². The van der Waals surface area contributed by atoms with Crippen molar-refractivity contribution in [2.45, 2.75) is 6.42 Å². The molecule has 0 fully saturated rings. The number of benzene rings is 2. The predicted molar refractivity (Wildman–Crippen MR) is 95.3 cm³/mol. The number of carbonyl (C=O) groups is 1. The summed E-state index contributed by atoms with van der Waals surface area (Å²) in [6.07, 6.45) is 0.296. The minimum atomic E-state index is -0.440. The van der Waals surface area contributed by atoms with Crippen molar-refractivity contribution in [1.82, 2.24) is 15.5 Å². The topological polar surface area (TPSA) is 86.5 Å². The van der Waals surface area contributed by atoms with E-state index in [-0.39, 0.29) is 23.9 Å². The van der Waals surface area contributed by atoms with E-state index in [2.05, 4.69) is 15.5 Å². The SMILES string of the molecule is COc1cccc(OC)c1C(=O)NCCc1nnc(-c2ccccc2F)o1. The second-order valence-electron chi connectivity index (χ2n) is 5.52. The third-order valence-corrected chi connectivity index (χ3v) is 3.85. The number of carbonyl (C=O) groups excluding carboxylic acids is 1. The largest absolute Gasteiger partial charge is 0.496 e. The number of nitrogens with zero attached hydrogens (tertiary/aromatic N) is 2. The molecular weight excluding hydrogens is 353 g/mol. The zero-order valence-electron chi connectivity index (χ0n) is 14.9. The molecule has 140 valence electrons. The van der Waals surface area contributed by atoms with Gasteiger partial charge in [0.05, 0.1) is 19.8 Å². The van der Waals surface area contributed by atoms with Crippen molar-refractivity contribution >= 4 is 5.91 Å². The van der Waals surface area contributed by atoms with Crippen molar-refractivity contribution in [3.8, 4) is 23.0 Å². The van der Waals surface area contributed by atoms with Crippen LogP contribution < -0.4 is 14.8 Å². The number of hydrogen-bond donors (Lipinski definition) is 1. The van der Waals surface area contributed by atoms with Gasteiger partial charge in [-0.2, -0.15) is 0 Å². The smallest absolute Gasteiger partial charge is 0.258 e. The molecule has 8 heteroatoms. The first-order valence-electron chi connectivity index (χ1n) is 8.20. The van der Waals surface area contributed by atoms with Gasteiger partial charge in [-0.25, -0.2) is 4.39 Å². The Morgan fingerprint density at radius 3 is 2.44 bits per heavy atom. The zero-order chi connectivity index (χ0) is 19.2. The molecule has 1 heterocycles. The molecule has 0 saturated heterocycles. The summed E-state index contributed by atoms with van der Waals surface area (Å²) in [5.41, 5.74) is 0.541. The first kappa shape index (κ1) is 18.4. The zero-order valence-corrected chi connectivity index (χ0v) is 14.9. The molecule has 1 aromatic heterocycles. The molecule has 3 aromatic rings. The van der Waals surface area contributed by atoms with Gasteiger partial charge in [-0.05, 0) is 24.3 Å². The van der Waals surface area contributed by atoms with Crippen LogP contribution >= 0.6 is 0 Å². The maximum Gasteiger partial charge on any atom is 0.258 e.